The van der Waals surface area contributed by atoms with Crippen molar-refractivity contribution in [3.8, 4) is 5.75 Å². The molecule has 0 aliphatic heterocycles. The van der Waals surface area contributed by atoms with Crippen LogP contribution in [-0.4, -0.2) is 18.6 Å². The van der Waals surface area contributed by atoms with E-state index in [9.17, 15) is 0 Å². The average molecular weight is 204 g/mol. The molecule has 0 amide bonds. The Hall–Kier alpha value is -1.48. The normalized spacial score (nSPS) is 10.9. The van der Waals surface area contributed by atoms with Crippen molar-refractivity contribution >= 4 is 10.9 Å². The number of H-pyrrole nitrogens is 1. The van der Waals surface area contributed by atoms with Crippen LogP contribution in [0.1, 0.15) is 11.3 Å². The fourth-order valence-corrected chi connectivity index (χ4v) is 2.04. The highest BCUT2D eigenvalue weighted by atomic mass is 16.5. The molecule has 0 saturated heterocycles. The number of benzene rings is 1. The first-order valence-electron chi connectivity index (χ1n) is 5.12. The Morgan fingerprint density at radius 3 is 2.87 bits per heavy atom. The van der Waals surface area contributed by atoms with Crippen LogP contribution >= 0.6 is 0 Å². The lowest BCUT2D eigenvalue weighted by Crippen LogP contribution is -2.03. The summed E-state index contributed by atoms with van der Waals surface area (Å²) in [6.45, 7) is 2.73. The van der Waals surface area contributed by atoms with Crippen LogP contribution in [0.25, 0.3) is 10.9 Å². The maximum Gasteiger partial charge on any atom is 0.128 e. The van der Waals surface area contributed by atoms with E-state index in [4.69, 9.17) is 10.5 Å². The number of methoxy groups -OCH3 is 1. The Morgan fingerprint density at radius 2 is 2.20 bits per heavy atom. The molecule has 3 heteroatoms. The molecule has 80 valence electrons. The summed E-state index contributed by atoms with van der Waals surface area (Å²) < 4.78 is 5.37. The number of aromatic amines is 1. The van der Waals surface area contributed by atoms with Crippen LogP contribution in [0.15, 0.2) is 18.2 Å². The van der Waals surface area contributed by atoms with E-state index in [1.54, 1.807) is 7.11 Å². The molecule has 2 aromatic rings. The highest BCUT2D eigenvalue weighted by Gasteiger charge is 2.11. The third kappa shape index (κ3) is 1.59. The van der Waals surface area contributed by atoms with Gasteiger partial charge < -0.3 is 15.5 Å². The molecular formula is C12H16N2O. The summed E-state index contributed by atoms with van der Waals surface area (Å²) in [5.74, 6) is 0.917. The number of ether oxygens (including phenoxy) is 1. The van der Waals surface area contributed by atoms with Gasteiger partial charge in [0.1, 0.15) is 5.75 Å². The smallest absolute Gasteiger partial charge is 0.128 e. The summed E-state index contributed by atoms with van der Waals surface area (Å²) in [6.07, 6.45) is 0.881. The fraction of sp³-hybridized carbons (Fsp3) is 0.333. The van der Waals surface area contributed by atoms with Crippen LogP contribution in [-0.2, 0) is 6.42 Å². The first-order chi connectivity index (χ1) is 7.27. The summed E-state index contributed by atoms with van der Waals surface area (Å²) in [4.78, 5) is 3.35. The predicted molar refractivity (Wildman–Crippen MR) is 62.3 cm³/mol. The first-order valence-corrected chi connectivity index (χ1v) is 5.12. The van der Waals surface area contributed by atoms with Crippen molar-refractivity contribution < 1.29 is 4.74 Å². The molecule has 0 radical (unpaired) electrons. The Bertz CT molecular complexity index is 474. The first kappa shape index (κ1) is 10.1. The molecule has 0 spiro atoms. The van der Waals surface area contributed by atoms with E-state index in [1.165, 1.54) is 16.6 Å². The van der Waals surface area contributed by atoms with E-state index < -0.39 is 0 Å². The number of fused-ring (bicyclic) bond motifs is 1. The van der Waals surface area contributed by atoms with E-state index in [0.29, 0.717) is 6.54 Å². The van der Waals surface area contributed by atoms with Gasteiger partial charge in [0.25, 0.3) is 0 Å². The molecule has 0 aliphatic rings. The molecule has 2 rings (SSSR count). The quantitative estimate of drug-likeness (QED) is 0.803. The van der Waals surface area contributed by atoms with Gasteiger partial charge in [-0.05, 0) is 37.6 Å². The van der Waals surface area contributed by atoms with Gasteiger partial charge in [0.15, 0.2) is 0 Å². The van der Waals surface area contributed by atoms with Gasteiger partial charge in [-0.25, -0.2) is 0 Å². The van der Waals surface area contributed by atoms with Gasteiger partial charge in [0, 0.05) is 16.6 Å². The van der Waals surface area contributed by atoms with Crippen LogP contribution < -0.4 is 10.5 Å². The highest BCUT2D eigenvalue weighted by Crippen LogP contribution is 2.30. The molecule has 0 aliphatic carbocycles. The van der Waals surface area contributed by atoms with Gasteiger partial charge in [-0.1, -0.05) is 6.07 Å². The molecular weight excluding hydrogens is 188 g/mol. The van der Waals surface area contributed by atoms with Crippen LogP contribution in [0.2, 0.25) is 0 Å². The van der Waals surface area contributed by atoms with Gasteiger partial charge >= 0.3 is 0 Å². The molecule has 1 aromatic carbocycles. The topological polar surface area (TPSA) is 51.0 Å². The van der Waals surface area contributed by atoms with Crippen LogP contribution in [0, 0.1) is 6.92 Å². The van der Waals surface area contributed by atoms with Crippen molar-refractivity contribution in [2.75, 3.05) is 13.7 Å². The van der Waals surface area contributed by atoms with E-state index >= 15 is 0 Å². The van der Waals surface area contributed by atoms with E-state index in [0.717, 1.165) is 17.7 Å². The largest absolute Gasteiger partial charge is 0.496 e. The monoisotopic (exact) mass is 204 g/mol. The number of hydrogen-bond donors (Lipinski definition) is 2. The minimum absolute atomic E-state index is 0.659. The summed E-state index contributed by atoms with van der Waals surface area (Å²) in [5.41, 5.74) is 9.19. The molecule has 0 fully saturated rings. The zero-order valence-corrected chi connectivity index (χ0v) is 9.13. The minimum Gasteiger partial charge on any atom is -0.496 e. The predicted octanol–water partition coefficient (Wildman–Crippen LogP) is 1.99. The number of aromatic nitrogens is 1. The van der Waals surface area contributed by atoms with Crippen molar-refractivity contribution in [2.24, 2.45) is 5.73 Å². The number of rotatable bonds is 3. The maximum atomic E-state index is 5.62. The molecule has 3 nitrogen and oxygen atoms in total. The van der Waals surface area contributed by atoms with Crippen LogP contribution in [0.3, 0.4) is 0 Å². The van der Waals surface area contributed by atoms with Crippen LogP contribution in [0.4, 0.5) is 0 Å². The second kappa shape index (κ2) is 3.95. The lowest BCUT2D eigenvalue weighted by molar-refractivity contribution is 0.419. The second-order valence-corrected chi connectivity index (χ2v) is 3.65. The van der Waals surface area contributed by atoms with Gasteiger partial charge in [-0.3, -0.25) is 0 Å². The SMILES string of the molecule is COc1cccc2[nH]c(C)c(CCN)c12. The Kier molecular flexibility index (Phi) is 2.64. The van der Waals surface area contributed by atoms with Crippen molar-refractivity contribution in [1.82, 2.24) is 4.98 Å². The minimum atomic E-state index is 0.659. The van der Waals surface area contributed by atoms with Gasteiger partial charge in [0.2, 0.25) is 0 Å². The number of nitrogens with two attached hydrogens (primary N) is 1. The van der Waals surface area contributed by atoms with E-state index in [1.807, 2.05) is 12.1 Å². The zero-order valence-electron chi connectivity index (χ0n) is 9.13. The third-order valence-corrected chi connectivity index (χ3v) is 2.72. The summed E-state index contributed by atoms with van der Waals surface area (Å²) in [6, 6.07) is 6.03. The average Bonchev–Trinajstić information content (AvgIpc) is 2.56. The molecule has 0 unspecified atom stereocenters. The van der Waals surface area contributed by atoms with Gasteiger partial charge in [-0.2, -0.15) is 0 Å². The lowest BCUT2D eigenvalue weighted by atomic mass is 10.1. The number of aryl methyl sites for hydroxylation is 1. The van der Waals surface area contributed by atoms with Crippen molar-refractivity contribution in [1.29, 1.82) is 0 Å². The fourth-order valence-electron chi connectivity index (χ4n) is 2.04. The molecule has 3 N–H and O–H groups in total. The van der Waals surface area contributed by atoms with Crippen molar-refractivity contribution in [2.45, 2.75) is 13.3 Å². The summed E-state index contributed by atoms with van der Waals surface area (Å²) in [5, 5.41) is 1.17. The van der Waals surface area contributed by atoms with Gasteiger partial charge in [-0.15, -0.1) is 0 Å². The second-order valence-electron chi connectivity index (χ2n) is 3.65. The Labute approximate surface area is 89.2 Å². The molecule has 0 saturated carbocycles. The zero-order chi connectivity index (χ0) is 10.8. The standard InChI is InChI=1S/C12H16N2O/c1-8-9(6-7-13)12-10(14-8)4-3-5-11(12)15-2/h3-5,14H,6-7,13H2,1-2H3. The van der Waals surface area contributed by atoms with E-state index in [-0.39, 0.29) is 0 Å². The van der Waals surface area contributed by atoms with Crippen molar-refractivity contribution in [3.63, 3.8) is 0 Å². The number of hydrogen-bond acceptors (Lipinski definition) is 2. The summed E-state index contributed by atoms with van der Waals surface area (Å²) in [7, 11) is 1.70. The molecule has 1 aromatic heterocycles. The summed E-state index contributed by atoms with van der Waals surface area (Å²) >= 11 is 0. The Morgan fingerprint density at radius 1 is 1.40 bits per heavy atom. The van der Waals surface area contributed by atoms with E-state index in [2.05, 4.69) is 18.0 Å². The number of nitrogens with one attached hydrogen (secondary N) is 1. The maximum absolute atomic E-state index is 5.62. The lowest BCUT2D eigenvalue weighted by Gasteiger charge is -2.04. The van der Waals surface area contributed by atoms with Gasteiger partial charge in [0.05, 0.1) is 7.11 Å². The molecule has 1 heterocycles. The molecule has 15 heavy (non-hydrogen) atoms. The van der Waals surface area contributed by atoms with Crippen molar-refractivity contribution in [3.05, 3.63) is 29.5 Å². The third-order valence-electron chi connectivity index (χ3n) is 2.72. The molecule has 0 bridgehead atoms. The molecule has 0 atom stereocenters. The Balaban J connectivity index is 2.71. The highest BCUT2D eigenvalue weighted by molar-refractivity contribution is 5.90. The van der Waals surface area contributed by atoms with Crippen LogP contribution in [0.5, 0.6) is 5.75 Å².